The highest BCUT2D eigenvalue weighted by molar-refractivity contribution is 6.33. The summed E-state index contributed by atoms with van der Waals surface area (Å²) in [5, 5.41) is 2.91. The van der Waals surface area contributed by atoms with Crippen molar-refractivity contribution < 1.29 is 23.9 Å². The number of amides is 1. The van der Waals surface area contributed by atoms with Crippen molar-refractivity contribution in [1.29, 1.82) is 0 Å². The topological polar surface area (TPSA) is 81.7 Å². The van der Waals surface area contributed by atoms with Gasteiger partial charge in [0.05, 0.1) is 17.7 Å². The van der Waals surface area contributed by atoms with Crippen molar-refractivity contribution in [2.75, 3.05) is 13.7 Å². The summed E-state index contributed by atoms with van der Waals surface area (Å²) in [4.78, 5) is 37.1. The van der Waals surface area contributed by atoms with Crippen LogP contribution in [-0.2, 0) is 9.53 Å². The fourth-order valence-corrected chi connectivity index (χ4v) is 2.67. The van der Waals surface area contributed by atoms with Gasteiger partial charge in [0.15, 0.2) is 12.4 Å². The highest BCUT2D eigenvalue weighted by atomic mass is 35.5. The number of benzene rings is 2. The number of rotatable bonds is 8. The van der Waals surface area contributed by atoms with E-state index < -0.39 is 24.5 Å². The quantitative estimate of drug-likeness (QED) is 0.538. The molecule has 148 valence electrons. The number of carbonyl (C=O) groups is 3. The number of hydrogen-bond donors (Lipinski definition) is 1. The lowest BCUT2D eigenvalue weighted by Gasteiger charge is -2.21. The fourth-order valence-electron chi connectivity index (χ4n) is 2.45. The number of methoxy groups -OCH3 is 1. The third kappa shape index (κ3) is 5.57. The van der Waals surface area contributed by atoms with Gasteiger partial charge in [0.25, 0.3) is 5.91 Å². The Balaban J connectivity index is 1.99. The fraction of sp³-hybridized carbons (Fsp3) is 0.286. The molecule has 0 radical (unpaired) electrons. The Hall–Kier alpha value is -2.86. The van der Waals surface area contributed by atoms with Crippen LogP contribution in [0.5, 0.6) is 5.75 Å². The highest BCUT2D eigenvalue weighted by Crippen LogP contribution is 2.16. The normalized spacial score (nSPS) is 11.6. The van der Waals surface area contributed by atoms with Crippen molar-refractivity contribution in [3.05, 3.63) is 64.7 Å². The number of esters is 1. The molecule has 2 aromatic rings. The molecule has 0 bridgehead atoms. The molecule has 2 aromatic carbocycles. The summed E-state index contributed by atoms with van der Waals surface area (Å²) in [6.07, 6.45) is 0. The monoisotopic (exact) mass is 403 g/mol. The van der Waals surface area contributed by atoms with Gasteiger partial charge in [0, 0.05) is 5.56 Å². The van der Waals surface area contributed by atoms with Crippen LogP contribution in [0.1, 0.15) is 34.6 Å². The number of Topliss-reactive ketones (excluding diaryl/α,β-unsaturated/α-hetero) is 1. The van der Waals surface area contributed by atoms with Crippen LogP contribution in [0.2, 0.25) is 5.02 Å². The average Bonchev–Trinajstić information content (AvgIpc) is 2.69. The van der Waals surface area contributed by atoms with Crippen molar-refractivity contribution >= 4 is 29.3 Å². The lowest BCUT2D eigenvalue weighted by molar-refractivity contribution is -0.145. The molecule has 1 N–H and O–H groups in total. The van der Waals surface area contributed by atoms with E-state index in [-0.39, 0.29) is 22.3 Å². The summed E-state index contributed by atoms with van der Waals surface area (Å²) in [5.74, 6) is -1.14. The van der Waals surface area contributed by atoms with Crippen molar-refractivity contribution in [2.45, 2.75) is 19.9 Å². The SMILES string of the molecule is COc1ccc(C(=O)COC(=O)[C@@H](NC(=O)c2ccccc2Cl)C(C)C)cc1. The zero-order valence-electron chi connectivity index (χ0n) is 15.9. The highest BCUT2D eigenvalue weighted by Gasteiger charge is 2.27. The molecule has 0 fully saturated rings. The van der Waals surface area contributed by atoms with Gasteiger partial charge in [-0.2, -0.15) is 0 Å². The minimum atomic E-state index is -0.910. The molecule has 28 heavy (non-hydrogen) atoms. The van der Waals surface area contributed by atoms with E-state index in [1.165, 1.54) is 7.11 Å². The van der Waals surface area contributed by atoms with Crippen LogP contribution in [-0.4, -0.2) is 37.4 Å². The summed E-state index contributed by atoms with van der Waals surface area (Å²) >= 11 is 6.02. The van der Waals surface area contributed by atoms with Gasteiger partial charge in [-0.05, 0) is 42.3 Å². The number of hydrogen-bond acceptors (Lipinski definition) is 5. The molecule has 1 amide bonds. The Morgan fingerprint density at radius 2 is 1.68 bits per heavy atom. The first-order valence-electron chi connectivity index (χ1n) is 8.72. The maximum absolute atomic E-state index is 12.4. The summed E-state index contributed by atoms with van der Waals surface area (Å²) in [7, 11) is 1.53. The van der Waals surface area contributed by atoms with Crippen LogP contribution in [0.15, 0.2) is 48.5 Å². The predicted octanol–water partition coefficient (Wildman–Crippen LogP) is 3.53. The first-order chi connectivity index (χ1) is 13.3. The molecular formula is C21H22ClNO5. The van der Waals surface area contributed by atoms with Crippen LogP contribution >= 0.6 is 11.6 Å². The van der Waals surface area contributed by atoms with E-state index in [0.717, 1.165) is 0 Å². The zero-order chi connectivity index (χ0) is 20.7. The van der Waals surface area contributed by atoms with Crippen LogP contribution in [0.25, 0.3) is 0 Å². The Labute approximate surface area is 168 Å². The van der Waals surface area contributed by atoms with Gasteiger partial charge in [0.1, 0.15) is 11.8 Å². The largest absolute Gasteiger partial charge is 0.497 e. The number of halogens is 1. The molecule has 0 aliphatic rings. The van der Waals surface area contributed by atoms with E-state index in [1.807, 2.05) is 0 Å². The molecule has 2 rings (SSSR count). The number of ether oxygens (including phenoxy) is 2. The molecular weight excluding hydrogens is 382 g/mol. The Kier molecular flexibility index (Phi) is 7.58. The Bertz CT molecular complexity index is 848. The standard InChI is InChI=1S/C21H22ClNO5/c1-13(2)19(23-20(25)16-6-4-5-7-17(16)22)21(26)28-12-18(24)14-8-10-15(27-3)11-9-14/h4-11,13,19H,12H2,1-3H3,(H,23,25)/t19-/m0/s1. The third-order valence-electron chi connectivity index (χ3n) is 4.08. The van der Waals surface area contributed by atoms with Gasteiger partial charge in [-0.1, -0.05) is 37.6 Å². The molecule has 0 aliphatic carbocycles. The molecule has 7 heteroatoms. The Morgan fingerprint density at radius 1 is 1.04 bits per heavy atom. The minimum absolute atomic E-state index is 0.241. The van der Waals surface area contributed by atoms with Gasteiger partial charge >= 0.3 is 5.97 Å². The average molecular weight is 404 g/mol. The minimum Gasteiger partial charge on any atom is -0.497 e. The van der Waals surface area contributed by atoms with E-state index in [1.54, 1.807) is 62.4 Å². The van der Waals surface area contributed by atoms with Crippen LogP contribution < -0.4 is 10.1 Å². The molecule has 1 atom stereocenters. The zero-order valence-corrected chi connectivity index (χ0v) is 16.7. The lowest BCUT2D eigenvalue weighted by atomic mass is 10.0. The van der Waals surface area contributed by atoms with Gasteiger partial charge in [-0.3, -0.25) is 9.59 Å². The number of nitrogens with one attached hydrogen (secondary N) is 1. The van der Waals surface area contributed by atoms with Gasteiger partial charge in [0.2, 0.25) is 0 Å². The first-order valence-corrected chi connectivity index (χ1v) is 9.10. The molecule has 0 saturated heterocycles. The summed E-state index contributed by atoms with van der Waals surface area (Å²) in [6, 6.07) is 12.1. The van der Waals surface area contributed by atoms with Crippen LogP contribution in [0.4, 0.5) is 0 Å². The predicted molar refractivity (Wildman–Crippen MR) is 106 cm³/mol. The van der Waals surface area contributed by atoms with Crippen molar-refractivity contribution in [3.63, 3.8) is 0 Å². The summed E-state index contributed by atoms with van der Waals surface area (Å²) in [5.41, 5.74) is 0.659. The lowest BCUT2D eigenvalue weighted by Crippen LogP contribution is -2.45. The number of ketones is 1. The molecule has 0 heterocycles. The van der Waals surface area contributed by atoms with E-state index in [4.69, 9.17) is 21.1 Å². The molecule has 0 saturated carbocycles. The second-order valence-corrected chi connectivity index (χ2v) is 6.84. The van der Waals surface area contributed by atoms with Gasteiger partial charge in [-0.15, -0.1) is 0 Å². The van der Waals surface area contributed by atoms with E-state index in [9.17, 15) is 14.4 Å². The van der Waals surface area contributed by atoms with Crippen molar-refractivity contribution in [1.82, 2.24) is 5.32 Å². The van der Waals surface area contributed by atoms with Crippen LogP contribution in [0, 0.1) is 5.92 Å². The smallest absolute Gasteiger partial charge is 0.329 e. The molecule has 6 nitrogen and oxygen atoms in total. The maximum atomic E-state index is 12.4. The van der Waals surface area contributed by atoms with E-state index in [2.05, 4.69) is 5.32 Å². The third-order valence-corrected chi connectivity index (χ3v) is 4.41. The van der Waals surface area contributed by atoms with Gasteiger partial charge in [-0.25, -0.2) is 4.79 Å². The Morgan fingerprint density at radius 3 is 2.25 bits per heavy atom. The molecule has 0 aromatic heterocycles. The molecule has 0 unspecified atom stereocenters. The molecule has 0 aliphatic heterocycles. The number of carbonyl (C=O) groups excluding carboxylic acids is 3. The summed E-state index contributed by atoms with van der Waals surface area (Å²) < 4.78 is 10.2. The summed E-state index contributed by atoms with van der Waals surface area (Å²) in [6.45, 7) is 3.12. The van der Waals surface area contributed by atoms with Crippen LogP contribution in [0.3, 0.4) is 0 Å². The first kappa shape index (κ1) is 21.4. The van der Waals surface area contributed by atoms with Crippen molar-refractivity contribution in [2.24, 2.45) is 5.92 Å². The maximum Gasteiger partial charge on any atom is 0.329 e. The second-order valence-electron chi connectivity index (χ2n) is 6.43. The van der Waals surface area contributed by atoms with Gasteiger partial charge < -0.3 is 14.8 Å². The molecule has 0 spiro atoms. The second kappa shape index (κ2) is 9.90. The van der Waals surface area contributed by atoms with E-state index >= 15 is 0 Å². The van der Waals surface area contributed by atoms with E-state index in [0.29, 0.717) is 11.3 Å². The van der Waals surface area contributed by atoms with Crippen molar-refractivity contribution in [3.8, 4) is 5.75 Å².